The molecule has 0 saturated carbocycles. The van der Waals surface area contributed by atoms with Gasteiger partial charge in [-0.2, -0.15) is 10.4 Å². The van der Waals surface area contributed by atoms with Gasteiger partial charge in [0.2, 0.25) is 0 Å². The van der Waals surface area contributed by atoms with Crippen LogP contribution >= 0.6 is 0 Å². The van der Waals surface area contributed by atoms with E-state index >= 15 is 0 Å². The Morgan fingerprint density at radius 1 is 1.36 bits per heavy atom. The Morgan fingerprint density at radius 3 is 3.00 bits per heavy atom. The SMILES string of the molecule is N#Cc1n[nH]c2ccccc12. The number of nitrogens with one attached hydrogen (secondary N) is 1. The van der Waals surface area contributed by atoms with Gasteiger partial charge in [0.25, 0.3) is 0 Å². The van der Waals surface area contributed by atoms with Crippen LogP contribution in [0.2, 0.25) is 0 Å². The highest BCUT2D eigenvalue weighted by Gasteiger charge is 2.00. The second kappa shape index (κ2) is 2.10. The monoisotopic (exact) mass is 143 g/mol. The Labute approximate surface area is 63.3 Å². The number of hydrogen-bond donors (Lipinski definition) is 1. The maximum absolute atomic E-state index is 8.59. The first-order valence-electron chi connectivity index (χ1n) is 3.25. The summed E-state index contributed by atoms with van der Waals surface area (Å²) in [4.78, 5) is 0. The molecule has 0 aliphatic heterocycles. The smallest absolute Gasteiger partial charge is 0.170 e. The fourth-order valence-electron chi connectivity index (χ4n) is 1.05. The molecule has 1 aromatic carbocycles. The van der Waals surface area contributed by atoms with Gasteiger partial charge in [0.1, 0.15) is 6.07 Å². The van der Waals surface area contributed by atoms with Gasteiger partial charge in [-0.25, -0.2) is 0 Å². The lowest BCUT2D eigenvalue weighted by atomic mass is 10.2. The molecule has 0 saturated heterocycles. The van der Waals surface area contributed by atoms with Crippen LogP contribution in [0.25, 0.3) is 10.9 Å². The molecule has 2 aromatic rings. The van der Waals surface area contributed by atoms with Gasteiger partial charge in [0, 0.05) is 5.39 Å². The number of hydrogen-bond acceptors (Lipinski definition) is 2. The first-order chi connectivity index (χ1) is 5.42. The highest BCUT2D eigenvalue weighted by atomic mass is 15.1. The second-order valence-electron chi connectivity index (χ2n) is 2.23. The van der Waals surface area contributed by atoms with Crippen molar-refractivity contribution in [1.29, 1.82) is 5.26 Å². The predicted octanol–water partition coefficient (Wildman–Crippen LogP) is 1.43. The highest BCUT2D eigenvalue weighted by Crippen LogP contribution is 2.13. The zero-order valence-electron chi connectivity index (χ0n) is 5.70. The fraction of sp³-hybridized carbons (Fsp3) is 0. The van der Waals surface area contributed by atoms with Gasteiger partial charge in [-0.3, -0.25) is 5.10 Å². The third kappa shape index (κ3) is 0.767. The van der Waals surface area contributed by atoms with Crippen molar-refractivity contribution in [3.63, 3.8) is 0 Å². The van der Waals surface area contributed by atoms with E-state index in [0.29, 0.717) is 5.69 Å². The molecule has 0 fully saturated rings. The first-order valence-corrected chi connectivity index (χ1v) is 3.25. The molecule has 0 radical (unpaired) electrons. The van der Waals surface area contributed by atoms with E-state index in [1.54, 1.807) is 0 Å². The molecule has 3 heteroatoms. The third-order valence-electron chi connectivity index (χ3n) is 1.58. The molecule has 1 aromatic heterocycles. The Hall–Kier alpha value is -1.82. The number of nitrogens with zero attached hydrogens (tertiary/aromatic N) is 2. The Balaban J connectivity index is 2.89. The van der Waals surface area contributed by atoms with E-state index < -0.39 is 0 Å². The molecule has 1 N–H and O–H groups in total. The van der Waals surface area contributed by atoms with Crippen molar-refractivity contribution >= 4 is 10.9 Å². The van der Waals surface area contributed by atoms with Crippen LogP contribution in [-0.2, 0) is 0 Å². The average Bonchev–Trinajstić information content (AvgIpc) is 2.47. The summed E-state index contributed by atoms with van der Waals surface area (Å²) in [7, 11) is 0. The third-order valence-corrected chi connectivity index (χ3v) is 1.58. The number of aromatic nitrogens is 2. The van der Waals surface area contributed by atoms with E-state index in [1.807, 2.05) is 30.3 Å². The second-order valence-corrected chi connectivity index (χ2v) is 2.23. The molecule has 0 spiro atoms. The highest BCUT2D eigenvalue weighted by molar-refractivity contribution is 5.83. The lowest BCUT2D eigenvalue weighted by molar-refractivity contribution is 1.10. The summed E-state index contributed by atoms with van der Waals surface area (Å²) in [6.45, 7) is 0. The summed E-state index contributed by atoms with van der Waals surface area (Å²) in [5.74, 6) is 0. The normalized spacial score (nSPS) is 9.73. The van der Waals surface area contributed by atoms with E-state index in [1.165, 1.54) is 0 Å². The van der Waals surface area contributed by atoms with Crippen LogP contribution in [0.4, 0.5) is 0 Å². The Morgan fingerprint density at radius 2 is 2.18 bits per heavy atom. The van der Waals surface area contributed by atoms with E-state index in [4.69, 9.17) is 5.26 Å². The largest absolute Gasteiger partial charge is 0.276 e. The van der Waals surface area contributed by atoms with Crippen molar-refractivity contribution < 1.29 is 0 Å². The van der Waals surface area contributed by atoms with E-state index in [0.717, 1.165) is 10.9 Å². The van der Waals surface area contributed by atoms with Crippen LogP contribution in [-0.4, -0.2) is 10.2 Å². The molecular weight excluding hydrogens is 138 g/mol. The number of aromatic amines is 1. The van der Waals surface area contributed by atoms with Gasteiger partial charge in [-0.05, 0) is 12.1 Å². The number of para-hydroxylation sites is 1. The topological polar surface area (TPSA) is 52.5 Å². The van der Waals surface area contributed by atoms with Gasteiger partial charge in [0.05, 0.1) is 5.52 Å². The van der Waals surface area contributed by atoms with Crippen LogP contribution < -0.4 is 0 Å². The molecule has 0 atom stereocenters. The number of rotatable bonds is 0. The van der Waals surface area contributed by atoms with E-state index in [9.17, 15) is 0 Å². The van der Waals surface area contributed by atoms with Crippen LogP contribution in [0.15, 0.2) is 24.3 Å². The summed E-state index contributed by atoms with van der Waals surface area (Å²) in [5, 5.41) is 16.1. The van der Waals surface area contributed by atoms with E-state index in [2.05, 4.69) is 10.2 Å². The summed E-state index contributed by atoms with van der Waals surface area (Å²) in [5.41, 5.74) is 1.37. The fourth-order valence-corrected chi connectivity index (χ4v) is 1.05. The van der Waals surface area contributed by atoms with Gasteiger partial charge < -0.3 is 0 Å². The number of H-pyrrole nitrogens is 1. The summed E-state index contributed by atoms with van der Waals surface area (Å²) < 4.78 is 0. The van der Waals surface area contributed by atoms with E-state index in [-0.39, 0.29) is 0 Å². The molecule has 2 rings (SSSR count). The first kappa shape index (κ1) is 5.93. The van der Waals surface area contributed by atoms with Crippen LogP contribution in [0, 0.1) is 11.3 Å². The average molecular weight is 143 g/mol. The Kier molecular flexibility index (Phi) is 1.13. The molecule has 52 valence electrons. The van der Waals surface area contributed by atoms with Crippen molar-refractivity contribution in [3.8, 4) is 6.07 Å². The number of benzene rings is 1. The van der Waals surface area contributed by atoms with Crippen molar-refractivity contribution in [2.45, 2.75) is 0 Å². The molecule has 0 bridgehead atoms. The quantitative estimate of drug-likeness (QED) is 0.606. The molecule has 1 heterocycles. The minimum Gasteiger partial charge on any atom is -0.276 e. The van der Waals surface area contributed by atoms with Gasteiger partial charge in [-0.1, -0.05) is 12.1 Å². The number of fused-ring (bicyclic) bond motifs is 1. The lowest BCUT2D eigenvalue weighted by Crippen LogP contribution is -1.71. The minimum absolute atomic E-state index is 0.459. The Bertz CT molecular complexity index is 422. The maximum atomic E-state index is 8.59. The zero-order chi connectivity index (χ0) is 7.68. The van der Waals surface area contributed by atoms with Crippen LogP contribution in [0.1, 0.15) is 5.69 Å². The van der Waals surface area contributed by atoms with Crippen molar-refractivity contribution in [3.05, 3.63) is 30.0 Å². The molecule has 0 aliphatic carbocycles. The molecule has 11 heavy (non-hydrogen) atoms. The lowest BCUT2D eigenvalue weighted by Gasteiger charge is -1.83. The molecule has 3 nitrogen and oxygen atoms in total. The van der Waals surface area contributed by atoms with Gasteiger partial charge in [0.15, 0.2) is 5.69 Å². The molecule has 0 amide bonds. The standard InChI is InChI=1S/C8H5N3/c9-5-8-6-3-1-2-4-7(6)10-11-8/h1-4H,(H,10,11). The summed E-state index contributed by atoms with van der Waals surface area (Å²) >= 11 is 0. The van der Waals surface area contributed by atoms with Crippen molar-refractivity contribution in [2.24, 2.45) is 0 Å². The van der Waals surface area contributed by atoms with Crippen molar-refractivity contribution in [2.75, 3.05) is 0 Å². The van der Waals surface area contributed by atoms with Gasteiger partial charge >= 0.3 is 0 Å². The zero-order valence-corrected chi connectivity index (χ0v) is 5.70. The van der Waals surface area contributed by atoms with Crippen LogP contribution in [0.5, 0.6) is 0 Å². The van der Waals surface area contributed by atoms with Gasteiger partial charge in [-0.15, -0.1) is 0 Å². The molecule has 0 aliphatic rings. The van der Waals surface area contributed by atoms with Crippen molar-refractivity contribution in [1.82, 2.24) is 10.2 Å². The minimum atomic E-state index is 0.459. The molecular formula is C8H5N3. The summed E-state index contributed by atoms with van der Waals surface area (Å²) in [6, 6.07) is 9.56. The van der Waals surface area contributed by atoms with Crippen LogP contribution in [0.3, 0.4) is 0 Å². The summed E-state index contributed by atoms with van der Waals surface area (Å²) in [6.07, 6.45) is 0. The maximum Gasteiger partial charge on any atom is 0.170 e. The number of nitriles is 1. The predicted molar refractivity (Wildman–Crippen MR) is 40.8 cm³/mol. The molecule has 0 unspecified atom stereocenters.